The van der Waals surface area contributed by atoms with Gasteiger partial charge < -0.3 is 9.64 Å². The molecule has 1 aliphatic heterocycles. The molecule has 0 bridgehead atoms. The van der Waals surface area contributed by atoms with Gasteiger partial charge in [-0.1, -0.05) is 6.07 Å². The smallest absolute Gasteiger partial charge is 0.262 e. The molecule has 2 aliphatic rings. The van der Waals surface area contributed by atoms with Crippen LogP contribution in [0.15, 0.2) is 35.5 Å². The number of hydrogen-bond acceptors (Lipinski definition) is 6. The molecule has 2 aromatic rings. The summed E-state index contributed by atoms with van der Waals surface area (Å²) in [5.74, 6) is 0.588. The molecule has 0 amide bonds. The summed E-state index contributed by atoms with van der Waals surface area (Å²) in [5, 5.41) is 0. The fourth-order valence-electron chi connectivity index (χ4n) is 3.39. The highest BCUT2D eigenvalue weighted by atomic mass is 32.2. The number of aryl methyl sites for hydroxylation is 2. The second-order valence-electron chi connectivity index (χ2n) is 6.61. The van der Waals surface area contributed by atoms with Crippen LogP contribution < -0.4 is 9.62 Å². The number of nitrogens with one attached hydrogen (secondary N) is 1. The average Bonchev–Trinajstić information content (AvgIpc) is 2.68. The van der Waals surface area contributed by atoms with Crippen molar-refractivity contribution in [3.63, 3.8) is 0 Å². The Labute approximate surface area is 153 Å². The van der Waals surface area contributed by atoms with Gasteiger partial charge in [-0.15, -0.1) is 0 Å². The Balaban J connectivity index is 1.50. The van der Waals surface area contributed by atoms with Crippen LogP contribution in [-0.2, 0) is 27.6 Å². The van der Waals surface area contributed by atoms with Gasteiger partial charge in [-0.25, -0.2) is 18.4 Å². The fourth-order valence-corrected chi connectivity index (χ4v) is 4.47. The lowest BCUT2D eigenvalue weighted by Gasteiger charge is -2.26. The van der Waals surface area contributed by atoms with Crippen LogP contribution in [0.25, 0.3) is 0 Å². The van der Waals surface area contributed by atoms with Crippen LogP contribution in [0.5, 0.6) is 0 Å². The van der Waals surface area contributed by atoms with Gasteiger partial charge in [0.15, 0.2) is 0 Å². The summed E-state index contributed by atoms with van der Waals surface area (Å²) in [7, 11) is -3.65. The van der Waals surface area contributed by atoms with E-state index in [0.717, 1.165) is 37.9 Å². The van der Waals surface area contributed by atoms with Crippen LogP contribution in [0.4, 0.5) is 11.6 Å². The van der Waals surface area contributed by atoms with Crippen molar-refractivity contribution in [2.45, 2.75) is 30.6 Å². The Bertz CT molecular complexity index is 878. The Morgan fingerprint density at radius 3 is 2.42 bits per heavy atom. The van der Waals surface area contributed by atoms with E-state index in [1.54, 1.807) is 12.1 Å². The summed E-state index contributed by atoms with van der Waals surface area (Å²) in [5.41, 5.74) is 2.76. The maximum absolute atomic E-state index is 12.7. The SMILES string of the molecule is O=S(=O)(Nc1cnc(N2CCOCC2)nc1)c1ccc2c(c1)CCCC2. The van der Waals surface area contributed by atoms with E-state index in [9.17, 15) is 8.42 Å². The molecule has 1 saturated heterocycles. The van der Waals surface area contributed by atoms with E-state index < -0.39 is 10.0 Å². The number of ether oxygens (including phenoxy) is 1. The molecule has 2 heterocycles. The molecule has 1 N–H and O–H groups in total. The molecule has 1 aromatic heterocycles. The monoisotopic (exact) mass is 374 g/mol. The lowest BCUT2D eigenvalue weighted by Crippen LogP contribution is -2.37. The molecule has 0 unspecified atom stereocenters. The molecule has 1 fully saturated rings. The van der Waals surface area contributed by atoms with E-state index in [1.165, 1.54) is 24.4 Å². The van der Waals surface area contributed by atoms with Crippen molar-refractivity contribution in [2.75, 3.05) is 35.9 Å². The highest BCUT2D eigenvalue weighted by Crippen LogP contribution is 2.25. The van der Waals surface area contributed by atoms with Crippen molar-refractivity contribution < 1.29 is 13.2 Å². The molecular weight excluding hydrogens is 352 g/mol. The van der Waals surface area contributed by atoms with Gasteiger partial charge in [-0.2, -0.15) is 0 Å². The summed E-state index contributed by atoms with van der Waals surface area (Å²) in [4.78, 5) is 10.9. The normalized spacial score (nSPS) is 17.6. The summed E-state index contributed by atoms with van der Waals surface area (Å²) in [6, 6.07) is 5.40. The molecule has 1 aliphatic carbocycles. The lowest BCUT2D eigenvalue weighted by molar-refractivity contribution is 0.122. The van der Waals surface area contributed by atoms with Crippen molar-refractivity contribution in [1.82, 2.24) is 9.97 Å². The summed E-state index contributed by atoms with van der Waals surface area (Å²) >= 11 is 0. The predicted molar refractivity (Wildman–Crippen MR) is 99.0 cm³/mol. The molecule has 0 spiro atoms. The van der Waals surface area contributed by atoms with Crippen LogP contribution in [0.1, 0.15) is 24.0 Å². The first-order valence-corrected chi connectivity index (χ1v) is 10.4. The van der Waals surface area contributed by atoms with Gasteiger partial charge in [0, 0.05) is 13.1 Å². The zero-order valence-electron chi connectivity index (χ0n) is 14.5. The second kappa shape index (κ2) is 7.20. The minimum absolute atomic E-state index is 0.287. The van der Waals surface area contributed by atoms with Gasteiger partial charge in [-0.05, 0) is 48.9 Å². The van der Waals surface area contributed by atoms with Gasteiger partial charge in [0.25, 0.3) is 10.0 Å². The highest BCUT2D eigenvalue weighted by molar-refractivity contribution is 7.92. The summed E-state index contributed by atoms with van der Waals surface area (Å²) < 4.78 is 33.2. The number of anilines is 2. The van der Waals surface area contributed by atoms with E-state index in [2.05, 4.69) is 14.7 Å². The molecule has 0 saturated carbocycles. The number of fused-ring (bicyclic) bond motifs is 1. The van der Waals surface area contributed by atoms with Gasteiger partial charge in [-0.3, -0.25) is 4.72 Å². The first-order chi connectivity index (χ1) is 12.6. The van der Waals surface area contributed by atoms with Crippen molar-refractivity contribution in [3.8, 4) is 0 Å². The van der Waals surface area contributed by atoms with Crippen LogP contribution in [0.2, 0.25) is 0 Å². The first kappa shape index (κ1) is 17.2. The standard InChI is InChI=1S/C18H22N4O3S/c23-26(24,17-6-5-14-3-1-2-4-15(14)11-17)21-16-12-19-18(20-13-16)22-7-9-25-10-8-22/h5-6,11-13,21H,1-4,7-10H2. The number of rotatable bonds is 4. The average molecular weight is 374 g/mol. The molecule has 4 rings (SSSR count). The van der Waals surface area contributed by atoms with E-state index >= 15 is 0 Å². The van der Waals surface area contributed by atoms with Gasteiger partial charge in [0.05, 0.1) is 36.2 Å². The number of nitrogens with zero attached hydrogens (tertiary/aromatic N) is 3. The molecule has 0 radical (unpaired) electrons. The minimum Gasteiger partial charge on any atom is -0.378 e. The van der Waals surface area contributed by atoms with Crippen LogP contribution in [0, 0.1) is 0 Å². The van der Waals surface area contributed by atoms with Gasteiger partial charge in [0.1, 0.15) is 0 Å². The van der Waals surface area contributed by atoms with Gasteiger partial charge in [0.2, 0.25) is 5.95 Å². The largest absolute Gasteiger partial charge is 0.378 e. The maximum Gasteiger partial charge on any atom is 0.262 e. The number of hydrogen-bond donors (Lipinski definition) is 1. The second-order valence-corrected chi connectivity index (χ2v) is 8.30. The molecule has 7 nitrogen and oxygen atoms in total. The summed E-state index contributed by atoms with van der Waals surface area (Å²) in [6.45, 7) is 2.77. The zero-order chi connectivity index (χ0) is 18.0. The third-order valence-electron chi connectivity index (χ3n) is 4.81. The van der Waals surface area contributed by atoms with Crippen molar-refractivity contribution in [1.29, 1.82) is 0 Å². The molecule has 8 heteroatoms. The van der Waals surface area contributed by atoms with E-state index in [1.807, 2.05) is 11.0 Å². The van der Waals surface area contributed by atoms with Crippen LogP contribution in [-0.4, -0.2) is 44.7 Å². The van der Waals surface area contributed by atoms with E-state index in [4.69, 9.17) is 4.74 Å². The third-order valence-corrected chi connectivity index (χ3v) is 6.19. The topological polar surface area (TPSA) is 84.4 Å². The lowest BCUT2D eigenvalue weighted by atomic mass is 9.92. The highest BCUT2D eigenvalue weighted by Gasteiger charge is 2.19. The molecule has 0 atom stereocenters. The Morgan fingerprint density at radius 1 is 1.00 bits per heavy atom. The maximum atomic E-state index is 12.7. The number of sulfonamides is 1. The van der Waals surface area contributed by atoms with Crippen LogP contribution in [0.3, 0.4) is 0 Å². The zero-order valence-corrected chi connectivity index (χ0v) is 15.3. The van der Waals surface area contributed by atoms with Crippen molar-refractivity contribution in [3.05, 3.63) is 41.7 Å². The number of benzene rings is 1. The molecule has 26 heavy (non-hydrogen) atoms. The summed E-state index contributed by atoms with van der Waals surface area (Å²) in [6.07, 6.45) is 7.27. The molecular formula is C18H22N4O3S. The Kier molecular flexibility index (Phi) is 4.78. The number of morpholine rings is 1. The van der Waals surface area contributed by atoms with Gasteiger partial charge >= 0.3 is 0 Å². The molecule has 1 aromatic carbocycles. The van der Waals surface area contributed by atoms with Crippen molar-refractivity contribution in [2.24, 2.45) is 0 Å². The van der Waals surface area contributed by atoms with E-state index in [0.29, 0.717) is 24.8 Å². The third kappa shape index (κ3) is 3.66. The first-order valence-electron chi connectivity index (χ1n) is 8.91. The Morgan fingerprint density at radius 2 is 1.69 bits per heavy atom. The van der Waals surface area contributed by atoms with Crippen LogP contribution >= 0.6 is 0 Å². The quantitative estimate of drug-likeness (QED) is 0.881. The Hall–Kier alpha value is -2.19. The van der Waals surface area contributed by atoms with Crippen molar-refractivity contribution >= 4 is 21.7 Å². The van der Waals surface area contributed by atoms with E-state index in [-0.39, 0.29) is 4.90 Å². The fraction of sp³-hybridized carbons (Fsp3) is 0.444. The molecule has 138 valence electrons. The number of aromatic nitrogens is 2. The minimum atomic E-state index is -3.65. The predicted octanol–water partition coefficient (Wildman–Crippen LogP) is 1.99.